The van der Waals surface area contributed by atoms with Crippen LogP contribution in [0.5, 0.6) is 0 Å². The number of fused-ring (bicyclic) bond motifs is 1. The number of hydrogen-bond donors (Lipinski definition) is 0. The number of Topliss-reactive ketones (excluding diaryl/α,β-unsaturated/α-hetero) is 1. The first-order valence-electron chi connectivity index (χ1n) is 12.0. The van der Waals surface area contributed by atoms with Gasteiger partial charge in [0.1, 0.15) is 5.69 Å². The standard InChI is InChI=1S/C28H27ClN4O2/c1-2-26(34)20-12-13-25-24(16-20)31-28(23-11-5-6-14-30-23)33(25)21-9-7-15-32(18-21)27(35)17-19-8-3-4-10-22(19)29/h3-6,8,10-14,16,21H,2,7,9,15,17-18H2,1H3. The van der Waals surface area contributed by atoms with Crippen molar-refractivity contribution < 1.29 is 9.59 Å². The molecule has 7 heteroatoms. The summed E-state index contributed by atoms with van der Waals surface area (Å²) in [6.45, 7) is 3.17. The molecule has 3 heterocycles. The molecule has 1 saturated heterocycles. The third-order valence-corrected chi connectivity index (χ3v) is 7.01. The number of carbonyl (C=O) groups is 2. The second-order valence-electron chi connectivity index (χ2n) is 8.90. The number of carbonyl (C=O) groups excluding carboxylic acids is 2. The van der Waals surface area contributed by atoms with Crippen LogP contribution in [0.25, 0.3) is 22.6 Å². The average Bonchev–Trinajstić information content (AvgIpc) is 3.29. The molecule has 178 valence electrons. The smallest absolute Gasteiger partial charge is 0.227 e. The van der Waals surface area contributed by atoms with E-state index in [0.717, 1.165) is 47.5 Å². The van der Waals surface area contributed by atoms with Gasteiger partial charge in [0.15, 0.2) is 11.6 Å². The SMILES string of the molecule is CCC(=O)c1ccc2c(c1)nc(-c1ccccn1)n2C1CCCN(C(=O)Cc2ccccc2Cl)C1. The van der Waals surface area contributed by atoms with Crippen LogP contribution < -0.4 is 0 Å². The molecular weight excluding hydrogens is 460 g/mol. The quantitative estimate of drug-likeness (QED) is 0.325. The number of amides is 1. The Balaban J connectivity index is 1.50. The number of likely N-dealkylation sites (tertiary alicyclic amines) is 1. The Morgan fingerprint density at radius 1 is 1.09 bits per heavy atom. The Morgan fingerprint density at radius 3 is 2.69 bits per heavy atom. The Kier molecular flexibility index (Phi) is 6.64. The van der Waals surface area contributed by atoms with Crippen LogP contribution in [0.2, 0.25) is 5.02 Å². The number of rotatable bonds is 6. The van der Waals surface area contributed by atoms with E-state index < -0.39 is 0 Å². The number of piperidine rings is 1. The molecule has 1 amide bonds. The van der Waals surface area contributed by atoms with Gasteiger partial charge >= 0.3 is 0 Å². The van der Waals surface area contributed by atoms with E-state index in [1.54, 1.807) is 6.20 Å². The Labute approximate surface area is 209 Å². The van der Waals surface area contributed by atoms with Gasteiger partial charge < -0.3 is 9.47 Å². The zero-order chi connectivity index (χ0) is 24.4. The van der Waals surface area contributed by atoms with Crippen LogP contribution in [0.1, 0.15) is 48.1 Å². The number of halogens is 1. The molecule has 0 bridgehead atoms. The Hall–Kier alpha value is -3.51. The van der Waals surface area contributed by atoms with Crippen molar-refractivity contribution in [1.82, 2.24) is 19.4 Å². The van der Waals surface area contributed by atoms with Crippen LogP contribution in [-0.2, 0) is 11.2 Å². The van der Waals surface area contributed by atoms with E-state index in [1.165, 1.54) is 0 Å². The van der Waals surface area contributed by atoms with Crippen molar-refractivity contribution >= 4 is 34.3 Å². The number of benzene rings is 2. The van der Waals surface area contributed by atoms with Crippen molar-refractivity contribution in [2.24, 2.45) is 0 Å². The molecule has 1 unspecified atom stereocenters. The normalized spacial score (nSPS) is 15.9. The van der Waals surface area contributed by atoms with E-state index in [9.17, 15) is 9.59 Å². The summed E-state index contributed by atoms with van der Waals surface area (Å²) in [5.41, 5.74) is 3.99. The summed E-state index contributed by atoms with van der Waals surface area (Å²) < 4.78 is 2.20. The first kappa shape index (κ1) is 23.2. The van der Waals surface area contributed by atoms with Crippen molar-refractivity contribution in [2.45, 2.75) is 38.6 Å². The van der Waals surface area contributed by atoms with Gasteiger partial charge in [-0.3, -0.25) is 14.6 Å². The lowest BCUT2D eigenvalue weighted by Crippen LogP contribution is -2.41. The number of imidazole rings is 1. The number of hydrogen-bond acceptors (Lipinski definition) is 4. The molecule has 6 nitrogen and oxygen atoms in total. The molecule has 35 heavy (non-hydrogen) atoms. The highest BCUT2D eigenvalue weighted by atomic mass is 35.5. The van der Waals surface area contributed by atoms with Crippen molar-refractivity contribution in [1.29, 1.82) is 0 Å². The second kappa shape index (κ2) is 10.0. The number of nitrogens with zero attached hydrogens (tertiary/aromatic N) is 4. The minimum atomic E-state index is 0.0497. The molecule has 0 radical (unpaired) electrons. The number of aromatic nitrogens is 3. The molecular formula is C28H27ClN4O2. The third kappa shape index (κ3) is 4.71. The molecule has 1 atom stereocenters. The van der Waals surface area contributed by atoms with Gasteiger partial charge in [-0.15, -0.1) is 0 Å². The van der Waals surface area contributed by atoms with Crippen molar-refractivity contribution in [3.8, 4) is 11.5 Å². The minimum absolute atomic E-state index is 0.0497. The van der Waals surface area contributed by atoms with Gasteiger partial charge in [-0.2, -0.15) is 0 Å². The Bertz CT molecular complexity index is 1380. The first-order valence-corrected chi connectivity index (χ1v) is 12.4. The summed E-state index contributed by atoms with van der Waals surface area (Å²) in [6, 6.07) is 19.0. The van der Waals surface area contributed by atoms with E-state index in [1.807, 2.05) is 72.5 Å². The van der Waals surface area contributed by atoms with E-state index >= 15 is 0 Å². The average molecular weight is 487 g/mol. The maximum Gasteiger partial charge on any atom is 0.227 e. The highest BCUT2D eigenvalue weighted by Crippen LogP contribution is 2.33. The monoisotopic (exact) mass is 486 g/mol. The van der Waals surface area contributed by atoms with Gasteiger partial charge in [-0.1, -0.05) is 42.8 Å². The van der Waals surface area contributed by atoms with E-state index in [2.05, 4.69) is 9.55 Å². The first-order chi connectivity index (χ1) is 17.0. The summed E-state index contributed by atoms with van der Waals surface area (Å²) in [6.07, 6.45) is 4.31. The van der Waals surface area contributed by atoms with E-state index in [0.29, 0.717) is 23.6 Å². The number of ketones is 1. The van der Waals surface area contributed by atoms with E-state index in [-0.39, 0.29) is 24.2 Å². The summed E-state index contributed by atoms with van der Waals surface area (Å²) in [5.74, 6) is 0.921. The topological polar surface area (TPSA) is 68.1 Å². The summed E-state index contributed by atoms with van der Waals surface area (Å²) in [7, 11) is 0. The highest BCUT2D eigenvalue weighted by Gasteiger charge is 2.29. The van der Waals surface area contributed by atoms with Crippen LogP contribution in [0, 0.1) is 0 Å². The van der Waals surface area contributed by atoms with Crippen LogP contribution in [0.4, 0.5) is 0 Å². The molecule has 2 aromatic carbocycles. The molecule has 4 aromatic rings. The van der Waals surface area contributed by atoms with Gasteiger partial charge in [-0.25, -0.2) is 4.98 Å². The maximum absolute atomic E-state index is 13.2. The second-order valence-corrected chi connectivity index (χ2v) is 9.31. The van der Waals surface area contributed by atoms with Gasteiger partial charge in [0.05, 0.1) is 23.5 Å². The van der Waals surface area contributed by atoms with Crippen molar-refractivity contribution in [3.63, 3.8) is 0 Å². The van der Waals surface area contributed by atoms with Crippen LogP contribution in [0.3, 0.4) is 0 Å². The van der Waals surface area contributed by atoms with Gasteiger partial charge in [0.2, 0.25) is 5.91 Å². The summed E-state index contributed by atoms with van der Waals surface area (Å²) in [5, 5.41) is 0.616. The largest absolute Gasteiger partial charge is 0.340 e. The molecule has 5 rings (SSSR count). The van der Waals surface area contributed by atoms with Crippen LogP contribution in [-0.4, -0.2) is 44.2 Å². The third-order valence-electron chi connectivity index (χ3n) is 6.64. The molecule has 1 aliphatic rings. The fourth-order valence-corrected chi connectivity index (χ4v) is 5.03. The lowest BCUT2D eigenvalue weighted by atomic mass is 10.0. The van der Waals surface area contributed by atoms with Crippen LogP contribution in [0.15, 0.2) is 66.9 Å². The molecule has 2 aromatic heterocycles. The lowest BCUT2D eigenvalue weighted by molar-refractivity contribution is -0.132. The maximum atomic E-state index is 13.2. The number of pyridine rings is 1. The zero-order valence-corrected chi connectivity index (χ0v) is 20.4. The summed E-state index contributed by atoms with van der Waals surface area (Å²) in [4.78, 5) is 36.9. The predicted molar refractivity (Wildman–Crippen MR) is 138 cm³/mol. The van der Waals surface area contributed by atoms with Crippen molar-refractivity contribution in [2.75, 3.05) is 13.1 Å². The Morgan fingerprint density at radius 2 is 1.91 bits per heavy atom. The fraction of sp³-hybridized carbons (Fsp3) is 0.286. The summed E-state index contributed by atoms with van der Waals surface area (Å²) >= 11 is 6.30. The van der Waals surface area contributed by atoms with Gasteiger partial charge in [-0.05, 0) is 54.8 Å². The van der Waals surface area contributed by atoms with Gasteiger partial charge in [0.25, 0.3) is 0 Å². The molecule has 1 aliphatic heterocycles. The van der Waals surface area contributed by atoms with Crippen LogP contribution >= 0.6 is 11.6 Å². The van der Waals surface area contributed by atoms with E-state index in [4.69, 9.17) is 16.6 Å². The fourth-order valence-electron chi connectivity index (χ4n) is 4.83. The lowest BCUT2D eigenvalue weighted by Gasteiger charge is -2.34. The minimum Gasteiger partial charge on any atom is -0.340 e. The molecule has 0 saturated carbocycles. The molecule has 0 spiro atoms. The van der Waals surface area contributed by atoms with Gasteiger partial charge in [0, 0.05) is 36.3 Å². The molecule has 0 N–H and O–H groups in total. The predicted octanol–water partition coefficient (Wildman–Crippen LogP) is 5.75. The van der Waals surface area contributed by atoms with Crippen molar-refractivity contribution in [3.05, 3.63) is 83.0 Å². The molecule has 0 aliphatic carbocycles. The highest BCUT2D eigenvalue weighted by molar-refractivity contribution is 6.31. The molecule has 1 fully saturated rings. The zero-order valence-electron chi connectivity index (χ0n) is 19.7.